The lowest BCUT2D eigenvalue weighted by Gasteiger charge is -2.34. The summed E-state index contributed by atoms with van der Waals surface area (Å²) in [5.74, 6) is 0.270. The molecular weight excluding hydrogens is 328 g/mol. The summed E-state index contributed by atoms with van der Waals surface area (Å²) >= 11 is 4.81. The summed E-state index contributed by atoms with van der Waals surface area (Å²) in [4.78, 5) is 28.4. The van der Waals surface area contributed by atoms with Gasteiger partial charge in [-0.2, -0.15) is 0 Å². The van der Waals surface area contributed by atoms with Crippen LogP contribution in [-0.2, 0) is 4.79 Å². The molecule has 19 heavy (non-hydrogen) atoms. The maximum atomic E-state index is 12.2. The van der Waals surface area contributed by atoms with Crippen LogP contribution in [0.2, 0.25) is 0 Å². The Labute approximate surface area is 125 Å². The van der Waals surface area contributed by atoms with Gasteiger partial charge in [-0.1, -0.05) is 6.92 Å². The van der Waals surface area contributed by atoms with Crippen LogP contribution in [0.1, 0.15) is 29.4 Å². The molecule has 2 heterocycles. The van der Waals surface area contributed by atoms with Crippen LogP contribution in [0.3, 0.4) is 0 Å². The van der Waals surface area contributed by atoms with Crippen molar-refractivity contribution in [2.45, 2.75) is 19.8 Å². The van der Waals surface area contributed by atoms with Crippen molar-refractivity contribution < 1.29 is 9.59 Å². The number of amides is 2. The van der Waals surface area contributed by atoms with Crippen molar-refractivity contribution >= 4 is 39.1 Å². The molecule has 1 aromatic heterocycles. The topological polar surface area (TPSA) is 40.6 Å². The fraction of sp³-hybridized carbons (Fsp3) is 0.538. The van der Waals surface area contributed by atoms with E-state index in [1.54, 1.807) is 0 Å². The Morgan fingerprint density at radius 2 is 1.84 bits per heavy atom. The van der Waals surface area contributed by atoms with E-state index in [-0.39, 0.29) is 11.8 Å². The Morgan fingerprint density at radius 1 is 1.21 bits per heavy atom. The summed E-state index contributed by atoms with van der Waals surface area (Å²) < 4.78 is 0.965. The van der Waals surface area contributed by atoms with Gasteiger partial charge in [-0.3, -0.25) is 9.59 Å². The average Bonchev–Trinajstić information content (AvgIpc) is 2.85. The van der Waals surface area contributed by atoms with Gasteiger partial charge in [0.05, 0.1) is 8.66 Å². The van der Waals surface area contributed by atoms with Crippen LogP contribution in [0.15, 0.2) is 15.9 Å². The highest BCUT2D eigenvalue weighted by molar-refractivity contribution is 9.11. The molecule has 6 heteroatoms. The van der Waals surface area contributed by atoms with Crippen LogP contribution >= 0.6 is 27.3 Å². The van der Waals surface area contributed by atoms with E-state index in [1.807, 2.05) is 28.9 Å². The number of hydrogen-bond acceptors (Lipinski definition) is 3. The zero-order valence-electron chi connectivity index (χ0n) is 10.9. The first kappa shape index (κ1) is 14.5. The van der Waals surface area contributed by atoms with Crippen molar-refractivity contribution in [3.05, 3.63) is 20.8 Å². The number of rotatable bonds is 3. The zero-order valence-corrected chi connectivity index (χ0v) is 13.3. The van der Waals surface area contributed by atoms with E-state index < -0.39 is 0 Å². The molecule has 0 spiro atoms. The third kappa shape index (κ3) is 3.57. The first-order chi connectivity index (χ1) is 9.11. The summed E-state index contributed by atoms with van der Waals surface area (Å²) in [6, 6.07) is 3.73. The molecule has 0 bridgehead atoms. The fourth-order valence-corrected chi connectivity index (χ4v) is 3.47. The van der Waals surface area contributed by atoms with Gasteiger partial charge in [-0.25, -0.2) is 0 Å². The molecule has 0 aromatic carbocycles. The number of thiophene rings is 1. The second-order valence-electron chi connectivity index (χ2n) is 4.53. The third-order valence-electron chi connectivity index (χ3n) is 3.17. The maximum absolute atomic E-state index is 12.2. The lowest BCUT2D eigenvalue weighted by Crippen LogP contribution is -2.50. The minimum Gasteiger partial charge on any atom is -0.339 e. The minimum absolute atomic E-state index is 0.0679. The van der Waals surface area contributed by atoms with Crippen LogP contribution in [0, 0.1) is 0 Å². The summed E-state index contributed by atoms with van der Waals surface area (Å²) in [6.07, 6.45) is 1.48. The van der Waals surface area contributed by atoms with Crippen molar-refractivity contribution in [3.63, 3.8) is 0 Å². The molecule has 104 valence electrons. The van der Waals surface area contributed by atoms with Gasteiger partial charge in [0.1, 0.15) is 0 Å². The monoisotopic (exact) mass is 344 g/mol. The Morgan fingerprint density at radius 3 is 2.37 bits per heavy atom. The summed E-state index contributed by atoms with van der Waals surface area (Å²) in [5, 5.41) is 0. The molecule has 4 nitrogen and oxygen atoms in total. The summed E-state index contributed by atoms with van der Waals surface area (Å²) in [7, 11) is 0. The van der Waals surface area contributed by atoms with Gasteiger partial charge in [0, 0.05) is 32.6 Å². The van der Waals surface area contributed by atoms with Gasteiger partial charge in [0.2, 0.25) is 5.91 Å². The number of piperazine rings is 1. The SMILES string of the molecule is CCCC(=O)N1CCN(C(=O)c2ccc(Br)s2)CC1. The van der Waals surface area contributed by atoms with E-state index >= 15 is 0 Å². The Hall–Kier alpha value is -0.880. The largest absolute Gasteiger partial charge is 0.339 e. The molecule has 0 N–H and O–H groups in total. The highest BCUT2D eigenvalue weighted by Gasteiger charge is 2.24. The third-order valence-corrected chi connectivity index (χ3v) is 4.78. The van der Waals surface area contributed by atoms with Crippen molar-refractivity contribution in [2.24, 2.45) is 0 Å². The van der Waals surface area contributed by atoms with Gasteiger partial charge in [-0.05, 0) is 34.5 Å². The number of halogens is 1. The fourth-order valence-electron chi connectivity index (χ4n) is 2.12. The summed E-state index contributed by atoms with van der Waals surface area (Å²) in [6.45, 7) is 4.56. The molecular formula is C13H17BrN2O2S. The predicted octanol–water partition coefficient (Wildman–Crippen LogP) is 2.60. The molecule has 0 atom stereocenters. The van der Waals surface area contributed by atoms with Gasteiger partial charge in [0.15, 0.2) is 0 Å². The van der Waals surface area contributed by atoms with Crippen LogP contribution < -0.4 is 0 Å². The molecule has 0 radical (unpaired) electrons. The molecule has 1 aliphatic heterocycles. The van der Waals surface area contributed by atoms with Crippen LogP contribution in [0.5, 0.6) is 0 Å². The van der Waals surface area contributed by atoms with Crippen molar-refractivity contribution in [2.75, 3.05) is 26.2 Å². The number of nitrogens with zero attached hydrogens (tertiary/aromatic N) is 2. The Balaban J connectivity index is 1.89. The molecule has 0 unspecified atom stereocenters. The van der Waals surface area contributed by atoms with E-state index in [0.29, 0.717) is 32.6 Å². The van der Waals surface area contributed by atoms with Crippen molar-refractivity contribution in [1.29, 1.82) is 0 Å². The van der Waals surface area contributed by atoms with Crippen LogP contribution in [-0.4, -0.2) is 47.8 Å². The standard InChI is InChI=1S/C13H17BrN2O2S/c1-2-3-12(17)15-6-8-16(9-7-15)13(18)10-4-5-11(14)19-10/h4-5H,2-3,6-9H2,1H3. The van der Waals surface area contributed by atoms with E-state index in [0.717, 1.165) is 15.1 Å². The smallest absolute Gasteiger partial charge is 0.264 e. The first-order valence-electron chi connectivity index (χ1n) is 6.44. The molecule has 0 saturated carbocycles. The normalized spacial score (nSPS) is 15.7. The molecule has 1 fully saturated rings. The first-order valence-corrected chi connectivity index (χ1v) is 8.05. The highest BCUT2D eigenvalue weighted by atomic mass is 79.9. The number of carbonyl (C=O) groups is 2. The van der Waals surface area contributed by atoms with E-state index in [2.05, 4.69) is 15.9 Å². The maximum Gasteiger partial charge on any atom is 0.264 e. The second kappa shape index (κ2) is 6.52. The van der Waals surface area contributed by atoms with Gasteiger partial charge in [0.25, 0.3) is 5.91 Å². The Bertz CT molecular complexity index is 467. The van der Waals surface area contributed by atoms with Gasteiger partial charge in [-0.15, -0.1) is 11.3 Å². The van der Waals surface area contributed by atoms with Gasteiger partial charge < -0.3 is 9.80 Å². The van der Waals surface area contributed by atoms with Crippen molar-refractivity contribution in [1.82, 2.24) is 9.80 Å². The predicted molar refractivity (Wildman–Crippen MR) is 79.4 cm³/mol. The molecule has 2 amide bonds. The minimum atomic E-state index is 0.0679. The van der Waals surface area contributed by atoms with Gasteiger partial charge >= 0.3 is 0 Å². The van der Waals surface area contributed by atoms with E-state index in [4.69, 9.17) is 0 Å². The lowest BCUT2D eigenvalue weighted by molar-refractivity contribution is -0.132. The zero-order chi connectivity index (χ0) is 13.8. The summed E-state index contributed by atoms with van der Waals surface area (Å²) in [5.41, 5.74) is 0. The number of hydrogen-bond donors (Lipinski definition) is 0. The lowest BCUT2D eigenvalue weighted by atomic mass is 10.2. The highest BCUT2D eigenvalue weighted by Crippen LogP contribution is 2.23. The van der Waals surface area contributed by atoms with Crippen LogP contribution in [0.25, 0.3) is 0 Å². The quantitative estimate of drug-likeness (QED) is 0.845. The molecule has 0 aliphatic carbocycles. The molecule has 1 aromatic rings. The van der Waals surface area contributed by atoms with E-state index in [1.165, 1.54) is 11.3 Å². The second-order valence-corrected chi connectivity index (χ2v) is 6.99. The van der Waals surface area contributed by atoms with E-state index in [9.17, 15) is 9.59 Å². The van der Waals surface area contributed by atoms with Crippen LogP contribution in [0.4, 0.5) is 0 Å². The van der Waals surface area contributed by atoms with Crippen molar-refractivity contribution in [3.8, 4) is 0 Å². The molecule has 2 rings (SSSR count). The molecule has 1 saturated heterocycles. The average molecular weight is 345 g/mol. The number of carbonyl (C=O) groups excluding carboxylic acids is 2. The Kier molecular flexibility index (Phi) is 4.99. The molecule has 1 aliphatic rings.